The number of methoxy groups -OCH3 is 2. The molecule has 10 heteroatoms. The van der Waals surface area contributed by atoms with Crippen molar-refractivity contribution >= 4 is 52.1 Å². The van der Waals surface area contributed by atoms with Gasteiger partial charge in [-0.25, -0.2) is 4.98 Å². The summed E-state index contributed by atoms with van der Waals surface area (Å²) < 4.78 is 9.78. The highest BCUT2D eigenvalue weighted by Gasteiger charge is 2.26. The van der Waals surface area contributed by atoms with Crippen LogP contribution in [0, 0.1) is 6.92 Å². The standard InChI is InChI=1S/C15H15ClN2O5S2/c1-8-13(25-14(17-8)9-4-5-10(16)24-9)15(21)18(6-11(19)22-2)7-12(20)23-3/h4-5H,6-7H2,1-3H3. The zero-order valence-corrected chi connectivity index (χ0v) is 16.1. The van der Waals surface area contributed by atoms with Gasteiger partial charge < -0.3 is 14.4 Å². The number of carbonyl (C=O) groups is 3. The molecule has 2 rings (SSSR count). The Morgan fingerprint density at radius 3 is 2.20 bits per heavy atom. The Morgan fingerprint density at radius 2 is 1.72 bits per heavy atom. The van der Waals surface area contributed by atoms with Crippen molar-refractivity contribution in [2.24, 2.45) is 0 Å². The minimum absolute atomic E-state index is 0.340. The first-order valence-corrected chi connectivity index (χ1v) is 9.02. The van der Waals surface area contributed by atoms with Gasteiger partial charge in [-0.15, -0.1) is 22.7 Å². The smallest absolute Gasteiger partial charge is 0.325 e. The maximum Gasteiger partial charge on any atom is 0.325 e. The predicted octanol–water partition coefficient (Wildman–Crippen LogP) is 2.62. The highest BCUT2D eigenvalue weighted by molar-refractivity contribution is 7.24. The molecule has 0 radical (unpaired) electrons. The number of rotatable bonds is 6. The lowest BCUT2D eigenvalue weighted by molar-refractivity contribution is -0.144. The van der Waals surface area contributed by atoms with Crippen LogP contribution in [0.15, 0.2) is 12.1 Å². The SMILES string of the molecule is COC(=O)CN(CC(=O)OC)C(=O)c1sc(-c2ccc(Cl)s2)nc1C. The number of aryl methyl sites for hydroxylation is 1. The molecule has 0 aromatic carbocycles. The number of halogens is 1. The van der Waals surface area contributed by atoms with Crippen LogP contribution in [-0.4, -0.2) is 55.0 Å². The van der Waals surface area contributed by atoms with Crippen molar-refractivity contribution in [2.45, 2.75) is 6.92 Å². The van der Waals surface area contributed by atoms with Gasteiger partial charge in [0.1, 0.15) is 23.0 Å². The third kappa shape index (κ3) is 4.77. The Hall–Kier alpha value is -1.97. The van der Waals surface area contributed by atoms with Crippen molar-refractivity contribution < 1.29 is 23.9 Å². The number of carbonyl (C=O) groups excluding carboxylic acids is 3. The molecule has 2 aromatic rings. The second-order valence-corrected chi connectivity index (χ2v) is 7.56. The molecule has 0 aliphatic carbocycles. The molecule has 0 aliphatic rings. The van der Waals surface area contributed by atoms with Gasteiger partial charge in [-0.3, -0.25) is 14.4 Å². The van der Waals surface area contributed by atoms with Crippen molar-refractivity contribution in [1.29, 1.82) is 0 Å². The van der Waals surface area contributed by atoms with Crippen LogP contribution in [0.3, 0.4) is 0 Å². The second kappa shape index (κ2) is 8.41. The van der Waals surface area contributed by atoms with Crippen molar-refractivity contribution in [2.75, 3.05) is 27.3 Å². The lowest BCUT2D eigenvalue weighted by Gasteiger charge is -2.19. The van der Waals surface area contributed by atoms with E-state index in [2.05, 4.69) is 14.5 Å². The van der Waals surface area contributed by atoms with Crippen molar-refractivity contribution in [1.82, 2.24) is 9.88 Å². The molecule has 0 N–H and O–H groups in total. The number of hydrogen-bond donors (Lipinski definition) is 0. The normalized spacial score (nSPS) is 10.4. The van der Waals surface area contributed by atoms with Gasteiger partial charge in [0.05, 0.1) is 29.1 Å². The van der Waals surface area contributed by atoms with Gasteiger partial charge in [0.25, 0.3) is 5.91 Å². The summed E-state index contributed by atoms with van der Waals surface area (Å²) in [6.45, 7) is 0.973. The molecule has 0 saturated carbocycles. The van der Waals surface area contributed by atoms with Gasteiger partial charge in [0.15, 0.2) is 0 Å². The molecule has 2 heterocycles. The van der Waals surface area contributed by atoms with Crippen LogP contribution < -0.4 is 0 Å². The van der Waals surface area contributed by atoms with E-state index in [1.165, 1.54) is 36.9 Å². The minimum atomic E-state index is -0.635. The summed E-state index contributed by atoms with van der Waals surface area (Å²) >= 11 is 8.46. The maximum absolute atomic E-state index is 12.8. The zero-order chi connectivity index (χ0) is 18.6. The molecule has 0 aliphatic heterocycles. The van der Waals surface area contributed by atoms with E-state index in [4.69, 9.17) is 11.6 Å². The Morgan fingerprint density at radius 1 is 1.12 bits per heavy atom. The van der Waals surface area contributed by atoms with Crippen LogP contribution in [0.4, 0.5) is 0 Å². The Bertz CT molecular complexity index is 784. The van der Waals surface area contributed by atoms with Crippen LogP contribution in [0.2, 0.25) is 4.34 Å². The third-order valence-corrected chi connectivity index (χ3v) is 5.70. The highest BCUT2D eigenvalue weighted by atomic mass is 35.5. The Kier molecular flexibility index (Phi) is 6.51. The highest BCUT2D eigenvalue weighted by Crippen LogP contribution is 2.35. The van der Waals surface area contributed by atoms with E-state index in [9.17, 15) is 14.4 Å². The molecule has 134 valence electrons. The van der Waals surface area contributed by atoms with Crippen LogP contribution in [-0.2, 0) is 19.1 Å². The lowest BCUT2D eigenvalue weighted by Crippen LogP contribution is -2.40. The number of thiophene rings is 1. The van der Waals surface area contributed by atoms with Crippen LogP contribution >= 0.6 is 34.3 Å². The number of aromatic nitrogens is 1. The monoisotopic (exact) mass is 402 g/mol. The number of thiazole rings is 1. The van der Waals surface area contributed by atoms with E-state index in [0.29, 0.717) is 19.9 Å². The Labute approximate surface area is 157 Å². The van der Waals surface area contributed by atoms with Crippen molar-refractivity contribution in [3.8, 4) is 9.88 Å². The molecular formula is C15H15ClN2O5S2. The maximum atomic E-state index is 12.8. The van der Waals surface area contributed by atoms with E-state index >= 15 is 0 Å². The summed E-state index contributed by atoms with van der Waals surface area (Å²) in [5.74, 6) is -1.76. The van der Waals surface area contributed by atoms with Crippen molar-refractivity contribution in [3.63, 3.8) is 0 Å². The number of amides is 1. The average molecular weight is 403 g/mol. The van der Waals surface area contributed by atoms with Gasteiger partial charge in [-0.1, -0.05) is 11.6 Å². The first kappa shape index (κ1) is 19.4. The van der Waals surface area contributed by atoms with E-state index < -0.39 is 17.8 Å². The minimum Gasteiger partial charge on any atom is -0.468 e. The van der Waals surface area contributed by atoms with Crippen LogP contribution in [0.25, 0.3) is 9.88 Å². The molecule has 25 heavy (non-hydrogen) atoms. The molecular weight excluding hydrogens is 388 g/mol. The quantitative estimate of drug-likeness (QED) is 0.690. The fourth-order valence-electron chi connectivity index (χ4n) is 1.91. The Balaban J connectivity index is 2.29. The summed E-state index contributed by atoms with van der Waals surface area (Å²) in [5, 5.41) is 0.647. The van der Waals surface area contributed by atoms with Gasteiger partial charge in [-0.2, -0.15) is 0 Å². The van der Waals surface area contributed by atoms with Crippen LogP contribution in [0.1, 0.15) is 15.4 Å². The first-order chi connectivity index (χ1) is 11.8. The second-order valence-electron chi connectivity index (χ2n) is 4.85. The van der Waals surface area contributed by atoms with Gasteiger partial charge >= 0.3 is 11.9 Å². The molecule has 0 spiro atoms. The first-order valence-electron chi connectivity index (χ1n) is 7.01. The molecule has 1 amide bonds. The number of nitrogens with zero attached hydrogens (tertiary/aromatic N) is 2. The van der Waals surface area contributed by atoms with Gasteiger partial charge in [0.2, 0.25) is 0 Å². The molecule has 0 saturated heterocycles. The largest absolute Gasteiger partial charge is 0.468 e. The molecule has 0 unspecified atom stereocenters. The summed E-state index contributed by atoms with van der Waals surface area (Å²) in [6, 6.07) is 3.57. The van der Waals surface area contributed by atoms with Gasteiger partial charge in [-0.05, 0) is 19.1 Å². The lowest BCUT2D eigenvalue weighted by atomic mass is 10.3. The number of ether oxygens (including phenoxy) is 2. The number of esters is 2. The predicted molar refractivity (Wildman–Crippen MR) is 95.1 cm³/mol. The van der Waals surface area contributed by atoms with Gasteiger partial charge in [0, 0.05) is 0 Å². The summed E-state index contributed by atoms with van der Waals surface area (Å²) in [7, 11) is 2.42. The van der Waals surface area contributed by atoms with Crippen molar-refractivity contribution in [3.05, 3.63) is 27.0 Å². The molecule has 0 bridgehead atoms. The summed E-state index contributed by atoms with van der Waals surface area (Å²) in [5.41, 5.74) is 0.509. The van der Waals surface area contributed by atoms with E-state index in [1.807, 2.05) is 6.07 Å². The van der Waals surface area contributed by atoms with E-state index in [-0.39, 0.29) is 13.1 Å². The fourth-order valence-corrected chi connectivity index (χ4v) is 4.05. The molecule has 2 aromatic heterocycles. The number of hydrogen-bond acceptors (Lipinski definition) is 8. The summed E-state index contributed by atoms with van der Waals surface area (Å²) in [4.78, 5) is 42.5. The topological polar surface area (TPSA) is 85.8 Å². The van der Waals surface area contributed by atoms with E-state index in [0.717, 1.165) is 9.78 Å². The zero-order valence-electron chi connectivity index (χ0n) is 13.7. The molecule has 0 fully saturated rings. The van der Waals surface area contributed by atoms with Crippen LogP contribution in [0.5, 0.6) is 0 Å². The third-order valence-electron chi connectivity index (χ3n) is 3.16. The average Bonchev–Trinajstić information content (AvgIpc) is 3.18. The van der Waals surface area contributed by atoms with E-state index in [1.54, 1.807) is 13.0 Å². The molecule has 0 atom stereocenters. The molecule has 7 nitrogen and oxygen atoms in total. The summed E-state index contributed by atoms with van der Waals surface area (Å²) in [6.07, 6.45) is 0. The fraction of sp³-hybridized carbons (Fsp3) is 0.333.